The molecule has 0 radical (unpaired) electrons. The minimum atomic E-state index is -0.163. The van der Waals surface area contributed by atoms with Crippen molar-refractivity contribution in [1.82, 2.24) is 10.3 Å². The van der Waals surface area contributed by atoms with Crippen molar-refractivity contribution in [3.8, 4) is 0 Å². The molecule has 1 amide bonds. The Morgan fingerprint density at radius 1 is 1.26 bits per heavy atom. The van der Waals surface area contributed by atoms with Crippen molar-refractivity contribution >= 4 is 17.2 Å². The number of amides is 1. The molecule has 19 heavy (non-hydrogen) atoms. The van der Waals surface area contributed by atoms with Crippen LogP contribution in [-0.4, -0.2) is 16.4 Å². The van der Waals surface area contributed by atoms with E-state index in [-0.39, 0.29) is 16.9 Å². The monoisotopic (exact) mass is 282 g/mol. The van der Waals surface area contributed by atoms with Crippen LogP contribution >= 0.6 is 11.3 Å². The molecular weight excluding hydrogens is 256 g/mol. The molecular formula is C15H26N2OS. The highest BCUT2D eigenvalue weighted by Crippen LogP contribution is 2.29. The van der Waals surface area contributed by atoms with Crippen LogP contribution in [0.5, 0.6) is 0 Å². The standard InChI is InChI=1S/C15H26N2OS/c1-8-9-15(6,7)17-12(18)11-10(2)16-13(19-11)14(3,4)5/h8-9H2,1-7H3,(H,17,18). The second kappa shape index (κ2) is 5.61. The molecule has 0 aliphatic heterocycles. The van der Waals surface area contributed by atoms with Gasteiger partial charge in [0.25, 0.3) is 5.91 Å². The zero-order valence-electron chi connectivity index (χ0n) is 13.2. The van der Waals surface area contributed by atoms with E-state index < -0.39 is 0 Å². The zero-order chi connectivity index (χ0) is 14.8. The minimum Gasteiger partial charge on any atom is -0.346 e. The third kappa shape index (κ3) is 4.30. The number of carbonyl (C=O) groups excluding carboxylic acids is 1. The molecule has 3 nitrogen and oxygen atoms in total. The fourth-order valence-electron chi connectivity index (χ4n) is 1.98. The predicted molar refractivity (Wildman–Crippen MR) is 82.0 cm³/mol. The lowest BCUT2D eigenvalue weighted by Crippen LogP contribution is -2.43. The van der Waals surface area contributed by atoms with Gasteiger partial charge in [0.2, 0.25) is 0 Å². The zero-order valence-corrected chi connectivity index (χ0v) is 14.0. The number of hydrogen-bond acceptors (Lipinski definition) is 3. The van der Waals surface area contributed by atoms with Crippen molar-refractivity contribution in [2.75, 3.05) is 0 Å². The lowest BCUT2D eigenvalue weighted by atomic mass is 9.98. The van der Waals surface area contributed by atoms with Crippen molar-refractivity contribution in [3.05, 3.63) is 15.6 Å². The van der Waals surface area contributed by atoms with Gasteiger partial charge in [-0.1, -0.05) is 34.1 Å². The van der Waals surface area contributed by atoms with Crippen molar-refractivity contribution in [2.45, 2.75) is 72.3 Å². The van der Waals surface area contributed by atoms with E-state index >= 15 is 0 Å². The third-order valence-corrected chi connectivity index (χ3v) is 4.55. The first-order chi connectivity index (χ1) is 8.57. The van der Waals surface area contributed by atoms with E-state index in [1.165, 1.54) is 11.3 Å². The van der Waals surface area contributed by atoms with Gasteiger partial charge in [-0.05, 0) is 27.2 Å². The Bertz CT molecular complexity index is 455. The molecule has 0 aromatic carbocycles. The summed E-state index contributed by atoms with van der Waals surface area (Å²) >= 11 is 1.51. The van der Waals surface area contributed by atoms with Gasteiger partial charge in [0.1, 0.15) is 4.88 Å². The number of nitrogens with one attached hydrogen (secondary N) is 1. The summed E-state index contributed by atoms with van der Waals surface area (Å²) in [6, 6.07) is 0. The highest BCUT2D eigenvalue weighted by molar-refractivity contribution is 7.14. The molecule has 1 rings (SSSR count). The highest BCUT2D eigenvalue weighted by atomic mass is 32.1. The molecule has 0 fully saturated rings. The molecule has 108 valence electrons. The van der Waals surface area contributed by atoms with Gasteiger partial charge >= 0.3 is 0 Å². The van der Waals surface area contributed by atoms with Crippen LogP contribution in [-0.2, 0) is 5.41 Å². The molecule has 1 aromatic rings. The number of rotatable bonds is 4. The highest BCUT2D eigenvalue weighted by Gasteiger charge is 2.26. The quantitative estimate of drug-likeness (QED) is 0.905. The molecule has 0 spiro atoms. The van der Waals surface area contributed by atoms with Crippen molar-refractivity contribution in [3.63, 3.8) is 0 Å². The Labute approximate surface area is 120 Å². The number of nitrogens with zero attached hydrogens (tertiary/aromatic N) is 1. The minimum absolute atomic E-state index is 0.00366. The maximum Gasteiger partial charge on any atom is 0.263 e. The number of thiazole rings is 1. The summed E-state index contributed by atoms with van der Waals surface area (Å²) in [7, 11) is 0. The Kier molecular flexibility index (Phi) is 4.77. The first-order valence-electron chi connectivity index (χ1n) is 6.87. The lowest BCUT2D eigenvalue weighted by molar-refractivity contribution is 0.0912. The lowest BCUT2D eigenvalue weighted by Gasteiger charge is -2.25. The topological polar surface area (TPSA) is 42.0 Å². The summed E-state index contributed by atoms with van der Waals surface area (Å²) in [5.74, 6) is 0.00366. The number of carbonyl (C=O) groups is 1. The van der Waals surface area contributed by atoms with Crippen molar-refractivity contribution in [2.24, 2.45) is 0 Å². The van der Waals surface area contributed by atoms with Crippen LogP contribution in [0.2, 0.25) is 0 Å². The van der Waals surface area contributed by atoms with Crippen LogP contribution in [0.4, 0.5) is 0 Å². The summed E-state index contributed by atoms with van der Waals surface area (Å²) in [6.07, 6.45) is 2.03. The number of aromatic nitrogens is 1. The van der Waals surface area contributed by atoms with Crippen LogP contribution < -0.4 is 5.32 Å². The van der Waals surface area contributed by atoms with Crippen molar-refractivity contribution < 1.29 is 4.79 Å². The molecule has 1 heterocycles. The van der Waals surface area contributed by atoms with Gasteiger partial charge in [0, 0.05) is 11.0 Å². The number of hydrogen-bond donors (Lipinski definition) is 1. The van der Waals surface area contributed by atoms with E-state index in [1.54, 1.807) is 0 Å². The Morgan fingerprint density at radius 3 is 2.26 bits per heavy atom. The SMILES string of the molecule is CCCC(C)(C)NC(=O)c1sc(C(C)(C)C)nc1C. The van der Waals surface area contributed by atoms with Gasteiger partial charge in [0.05, 0.1) is 10.7 Å². The maximum atomic E-state index is 12.4. The molecule has 0 aliphatic rings. The predicted octanol–water partition coefficient (Wildman–Crippen LogP) is 4.06. The fourth-order valence-corrected chi connectivity index (χ4v) is 3.00. The Morgan fingerprint density at radius 2 is 1.84 bits per heavy atom. The van der Waals surface area contributed by atoms with Gasteiger partial charge < -0.3 is 5.32 Å². The van der Waals surface area contributed by atoms with E-state index in [9.17, 15) is 4.79 Å². The van der Waals surface area contributed by atoms with Crippen LogP contribution in [0.25, 0.3) is 0 Å². The van der Waals surface area contributed by atoms with E-state index in [1.807, 2.05) is 6.92 Å². The summed E-state index contributed by atoms with van der Waals surface area (Å²) < 4.78 is 0. The van der Waals surface area contributed by atoms with Gasteiger partial charge in [-0.25, -0.2) is 4.98 Å². The van der Waals surface area contributed by atoms with Gasteiger partial charge in [-0.2, -0.15) is 0 Å². The number of aryl methyl sites for hydroxylation is 1. The Balaban J connectivity index is 2.92. The van der Waals surface area contributed by atoms with Crippen LogP contribution in [0.1, 0.15) is 74.8 Å². The molecule has 0 saturated carbocycles. The van der Waals surface area contributed by atoms with Gasteiger partial charge in [-0.3, -0.25) is 4.79 Å². The van der Waals surface area contributed by atoms with Crippen molar-refractivity contribution in [1.29, 1.82) is 0 Å². The molecule has 1 aromatic heterocycles. The van der Waals surface area contributed by atoms with Crippen LogP contribution in [0.3, 0.4) is 0 Å². The second-order valence-electron chi connectivity index (χ2n) is 6.77. The smallest absolute Gasteiger partial charge is 0.263 e. The second-order valence-corrected chi connectivity index (χ2v) is 7.77. The molecule has 0 aliphatic carbocycles. The van der Waals surface area contributed by atoms with E-state index in [0.717, 1.165) is 28.4 Å². The van der Waals surface area contributed by atoms with E-state index in [4.69, 9.17) is 0 Å². The fraction of sp³-hybridized carbons (Fsp3) is 0.733. The molecule has 1 N–H and O–H groups in total. The van der Waals surface area contributed by atoms with E-state index in [0.29, 0.717) is 0 Å². The first kappa shape index (κ1) is 16.2. The molecule has 0 saturated heterocycles. The summed E-state index contributed by atoms with van der Waals surface area (Å²) in [5.41, 5.74) is 0.663. The van der Waals surface area contributed by atoms with Gasteiger partial charge in [-0.15, -0.1) is 11.3 Å². The average Bonchev–Trinajstić information content (AvgIpc) is 2.58. The normalized spacial score (nSPS) is 12.6. The molecule has 4 heteroatoms. The van der Waals surface area contributed by atoms with Crippen LogP contribution in [0, 0.1) is 6.92 Å². The largest absolute Gasteiger partial charge is 0.346 e. The summed E-state index contributed by atoms with van der Waals surface area (Å²) in [5, 5.41) is 4.13. The first-order valence-corrected chi connectivity index (χ1v) is 7.69. The molecule has 0 unspecified atom stereocenters. The Hall–Kier alpha value is -0.900. The van der Waals surface area contributed by atoms with Gasteiger partial charge in [0.15, 0.2) is 0 Å². The molecule has 0 atom stereocenters. The molecule has 0 bridgehead atoms. The third-order valence-electron chi connectivity index (χ3n) is 2.97. The summed E-state index contributed by atoms with van der Waals surface area (Å²) in [6.45, 7) is 14.5. The average molecular weight is 282 g/mol. The summed E-state index contributed by atoms with van der Waals surface area (Å²) in [4.78, 5) is 17.6. The van der Waals surface area contributed by atoms with Crippen LogP contribution in [0.15, 0.2) is 0 Å². The van der Waals surface area contributed by atoms with E-state index in [2.05, 4.69) is 51.8 Å². The maximum absolute atomic E-state index is 12.4.